The van der Waals surface area contributed by atoms with Crippen LogP contribution in [0, 0.1) is 0 Å². The van der Waals surface area contributed by atoms with E-state index in [0.717, 1.165) is 5.56 Å². The number of methoxy groups -OCH3 is 1. The normalized spacial score (nSPS) is 18.2. The van der Waals surface area contributed by atoms with Crippen LogP contribution in [-0.2, 0) is 0 Å². The van der Waals surface area contributed by atoms with Crippen molar-refractivity contribution in [3.8, 4) is 11.5 Å². The Balaban J connectivity index is 2.18. The lowest BCUT2D eigenvalue weighted by Crippen LogP contribution is -2.39. The van der Waals surface area contributed by atoms with Gasteiger partial charge in [0, 0.05) is 18.6 Å². The molecule has 1 aliphatic rings. The van der Waals surface area contributed by atoms with E-state index in [1.165, 1.54) is 32.1 Å². The molecule has 3 N–H and O–H groups in total. The molecule has 0 aliphatic heterocycles. The van der Waals surface area contributed by atoms with E-state index in [1.54, 1.807) is 13.2 Å². The third-order valence-electron chi connectivity index (χ3n) is 4.45. The van der Waals surface area contributed by atoms with Gasteiger partial charge >= 0.3 is 0 Å². The molecule has 1 aromatic rings. The van der Waals surface area contributed by atoms with Gasteiger partial charge in [-0.15, -0.1) is 0 Å². The molecule has 1 atom stereocenters. The zero-order valence-corrected chi connectivity index (χ0v) is 12.5. The molecule has 0 aromatic heterocycles. The molecular weight excluding hydrogens is 252 g/mol. The molecule has 4 heteroatoms. The number of hydrogen-bond donors (Lipinski definition) is 2. The molecule has 1 unspecified atom stereocenters. The number of phenolic OH excluding ortho intramolecular Hbond substituents is 1. The average molecular weight is 278 g/mol. The van der Waals surface area contributed by atoms with Crippen molar-refractivity contribution in [2.75, 3.05) is 20.7 Å². The van der Waals surface area contributed by atoms with E-state index < -0.39 is 0 Å². The Morgan fingerprint density at radius 3 is 2.65 bits per heavy atom. The molecule has 1 aromatic carbocycles. The Hall–Kier alpha value is -1.26. The fourth-order valence-electron chi connectivity index (χ4n) is 3.18. The Bertz CT molecular complexity index is 430. The van der Waals surface area contributed by atoms with Crippen LogP contribution >= 0.6 is 0 Å². The number of aromatic hydroxyl groups is 1. The summed E-state index contributed by atoms with van der Waals surface area (Å²) in [6.07, 6.45) is 6.48. The molecular formula is C16H26N2O2. The highest BCUT2D eigenvalue weighted by Gasteiger charge is 2.25. The smallest absolute Gasteiger partial charge is 0.160 e. The number of ether oxygens (including phenoxy) is 1. The molecule has 0 bridgehead atoms. The fraction of sp³-hybridized carbons (Fsp3) is 0.625. The zero-order chi connectivity index (χ0) is 14.5. The predicted octanol–water partition coefficient (Wildman–Crippen LogP) is 2.67. The first kappa shape index (κ1) is 15.1. The summed E-state index contributed by atoms with van der Waals surface area (Å²) < 4.78 is 5.20. The first-order valence-electron chi connectivity index (χ1n) is 7.46. The minimum absolute atomic E-state index is 0.173. The standard InChI is InChI=1S/C16H26N2O2/c1-18(13-6-4-3-5-7-13)14(11-17)12-8-9-15(19)16(10-12)20-2/h8-10,13-14,19H,3-7,11,17H2,1-2H3. The second-order valence-electron chi connectivity index (χ2n) is 5.64. The monoisotopic (exact) mass is 278 g/mol. The Morgan fingerprint density at radius 2 is 2.05 bits per heavy atom. The van der Waals surface area contributed by atoms with Gasteiger partial charge in [0.25, 0.3) is 0 Å². The van der Waals surface area contributed by atoms with E-state index in [0.29, 0.717) is 18.3 Å². The number of nitrogens with zero attached hydrogens (tertiary/aromatic N) is 1. The van der Waals surface area contributed by atoms with Gasteiger partial charge in [0.15, 0.2) is 11.5 Å². The van der Waals surface area contributed by atoms with E-state index in [1.807, 2.05) is 12.1 Å². The SMILES string of the molecule is COc1cc(C(CN)N(C)C2CCCCC2)ccc1O. The zero-order valence-electron chi connectivity index (χ0n) is 12.5. The highest BCUT2D eigenvalue weighted by Crippen LogP contribution is 2.33. The van der Waals surface area contributed by atoms with Gasteiger partial charge in [0.1, 0.15) is 0 Å². The molecule has 0 amide bonds. The number of benzene rings is 1. The summed E-state index contributed by atoms with van der Waals surface area (Å²) in [7, 11) is 3.73. The predicted molar refractivity (Wildman–Crippen MR) is 81.1 cm³/mol. The van der Waals surface area contributed by atoms with Crippen molar-refractivity contribution in [3.63, 3.8) is 0 Å². The second-order valence-corrected chi connectivity index (χ2v) is 5.64. The number of likely N-dealkylation sites (N-methyl/N-ethyl adjacent to an activating group) is 1. The van der Waals surface area contributed by atoms with Crippen LogP contribution in [0.4, 0.5) is 0 Å². The average Bonchev–Trinajstić information content (AvgIpc) is 2.50. The Morgan fingerprint density at radius 1 is 1.35 bits per heavy atom. The number of rotatable bonds is 5. The van der Waals surface area contributed by atoms with Crippen LogP contribution in [0.15, 0.2) is 18.2 Å². The minimum atomic E-state index is 0.173. The van der Waals surface area contributed by atoms with Gasteiger partial charge in [-0.1, -0.05) is 25.3 Å². The van der Waals surface area contributed by atoms with Crippen LogP contribution in [0.25, 0.3) is 0 Å². The van der Waals surface area contributed by atoms with E-state index >= 15 is 0 Å². The quantitative estimate of drug-likeness (QED) is 0.869. The molecule has 0 radical (unpaired) electrons. The van der Waals surface area contributed by atoms with Crippen molar-refractivity contribution >= 4 is 0 Å². The molecule has 1 saturated carbocycles. The van der Waals surface area contributed by atoms with E-state index in [9.17, 15) is 5.11 Å². The Kier molecular flexibility index (Phi) is 5.26. The maximum absolute atomic E-state index is 9.71. The molecule has 2 rings (SSSR count). The van der Waals surface area contributed by atoms with Gasteiger partial charge in [0.2, 0.25) is 0 Å². The fourth-order valence-corrected chi connectivity index (χ4v) is 3.18. The third kappa shape index (κ3) is 3.25. The summed E-state index contributed by atoms with van der Waals surface area (Å²) in [6, 6.07) is 6.30. The van der Waals surface area contributed by atoms with Gasteiger partial charge in [0.05, 0.1) is 7.11 Å². The first-order valence-corrected chi connectivity index (χ1v) is 7.46. The number of hydrogen-bond acceptors (Lipinski definition) is 4. The van der Waals surface area contributed by atoms with Crippen LogP contribution in [0.3, 0.4) is 0 Å². The topological polar surface area (TPSA) is 58.7 Å². The van der Waals surface area contributed by atoms with E-state index in [2.05, 4.69) is 11.9 Å². The lowest BCUT2D eigenvalue weighted by atomic mass is 9.92. The lowest BCUT2D eigenvalue weighted by Gasteiger charge is -2.37. The molecule has 0 heterocycles. The summed E-state index contributed by atoms with van der Waals surface area (Å²) >= 11 is 0. The van der Waals surface area contributed by atoms with Gasteiger partial charge in [-0.25, -0.2) is 0 Å². The van der Waals surface area contributed by atoms with E-state index in [4.69, 9.17) is 10.5 Å². The maximum Gasteiger partial charge on any atom is 0.160 e. The number of phenols is 1. The van der Waals surface area contributed by atoms with Crippen molar-refractivity contribution in [3.05, 3.63) is 23.8 Å². The molecule has 1 aliphatic carbocycles. The van der Waals surface area contributed by atoms with Gasteiger partial charge in [-0.3, -0.25) is 4.90 Å². The molecule has 1 fully saturated rings. The summed E-state index contributed by atoms with van der Waals surface area (Å²) in [4.78, 5) is 2.39. The van der Waals surface area contributed by atoms with Crippen molar-refractivity contribution in [1.82, 2.24) is 4.90 Å². The summed E-state index contributed by atoms with van der Waals surface area (Å²) in [5.74, 6) is 0.685. The summed E-state index contributed by atoms with van der Waals surface area (Å²) in [5.41, 5.74) is 7.10. The van der Waals surface area contributed by atoms with Crippen molar-refractivity contribution in [1.29, 1.82) is 0 Å². The number of nitrogens with two attached hydrogens (primary N) is 1. The first-order chi connectivity index (χ1) is 9.67. The van der Waals surface area contributed by atoms with E-state index in [-0.39, 0.29) is 11.8 Å². The van der Waals surface area contributed by atoms with Crippen molar-refractivity contribution in [2.24, 2.45) is 5.73 Å². The summed E-state index contributed by atoms with van der Waals surface area (Å²) in [6.45, 7) is 0.570. The van der Waals surface area contributed by atoms with Crippen LogP contribution in [-0.4, -0.2) is 36.8 Å². The van der Waals surface area contributed by atoms with Crippen molar-refractivity contribution in [2.45, 2.75) is 44.2 Å². The van der Waals surface area contributed by atoms with Gasteiger partial charge in [-0.2, -0.15) is 0 Å². The van der Waals surface area contributed by atoms with Crippen LogP contribution in [0.1, 0.15) is 43.7 Å². The van der Waals surface area contributed by atoms with Crippen molar-refractivity contribution < 1.29 is 9.84 Å². The second kappa shape index (κ2) is 6.95. The van der Waals surface area contributed by atoms with Crippen LogP contribution in [0.5, 0.6) is 11.5 Å². The van der Waals surface area contributed by atoms with Gasteiger partial charge < -0.3 is 15.6 Å². The van der Waals surface area contributed by atoms with Gasteiger partial charge in [-0.05, 0) is 37.6 Å². The van der Waals surface area contributed by atoms with Crippen LogP contribution in [0.2, 0.25) is 0 Å². The lowest BCUT2D eigenvalue weighted by molar-refractivity contribution is 0.140. The van der Waals surface area contributed by atoms with Crippen LogP contribution < -0.4 is 10.5 Å². The molecule has 112 valence electrons. The molecule has 4 nitrogen and oxygen atoms in total. The highest BCUT2D eigenvalue weighted by molar-refractivity contribution is 5.42. The highest BCUT2D eigenvalue weighted by atomic mass is 16.5. The molecule has 0 spiro atoms. The third-order valence-corrected chi connectivity index (χ3v) is 4.45. The minimum Gasteiger partial charge on any atom is -0.504 e. The molecule has 0 saturated heterocycles. The Labute approximate surface area is 121 Å². The maximum atomic E-state index is 9.71. The largest absolute Gasteiger partial charge is 0.504 e. The molecule has 20 heavy (non-hydrogen) atoms. The summed E-state index contributed by atoms with van der Waals surface area (Å²) in [5, 5.41) is 9.71.